The van der Waals surface area contributed by atoms with Crippen LogP contribution in [0.25, 0.3) is 0 Å². The minimum Gasteiger partial charge on any atom is -0.390 e. The highest BCUT2D eigenvalue weighted by atomic mass is 16.5. The van der Waals surface area contributed by atoms with Crippen LogP contribution in [0.4, 0.5) is 0 Å². The molecule has 1 aliphatic heterocycles. The molecule has 0 amide bonds. The number of benzene rings is 1. The van der Waals surface area contributed by atoms with Crippen LogP contribution >= 0.6 is 0 Å². The Morgan fingerprint density at radius 3 is 2.89 bits per heavy atom. The van der Waals surface area contributed by atoms with Gasteiger partial charge in [0.05, 0.1) is 18.8 Å². The maximum Gasteiger partial charge on any atom is 0.0963 e. The molecule has 4 atom stereocenters. The van der Waals surface area contributed by atoms with Gasteiger partial charge in [-0.15, -0.1) is 0 Å². The normalized spacial score (nSPS) is 33.1. The third-order valence-corrected chi connectivity index (χ3v) is 4.51. The summed E-state index contributed by atoms with van der Waals surface area (Å²) in [6.07, 6.45) is 0.768. The number of rotatable bonds is 4. The topological polar surface area (TPSA) is 32.7 Å². The van der Waals surface area contributed by atoms with Gasteiger partial charge in [0, 0.05) is 13.1 Å². The monoisotopic (exact) mass is 261 g/mol. The van der Waals surface area contributed by atoms with E-state index in [2.05, 4.69) is 36.1 Å². The molecule has 0 aromatic heterocycles. The smallest absolute Gasteiger partial charge is 0.0963 e. The van der Waals surface area contributed by atoms with Crippen molar-refractivity contribution in [2.24, 2.45) is 5.92 Å². The summed E-state index contributed by atoms with van der Waals surface area (Å²) in [4.78, 5) is 2.36. The molecule has 1 heterocycles. The van der Waals surface area contributed by atoms with Crippen molar-refractivity contribution in [1.82, 2.24) is 4.90 Å². The maximum absolute atomic E-state index is 10.5. The van der Waals surface area contributed by atoms with E-state index >= 15 is 0 Å². The molecule has 3 heteroatoms. The van der Waals surface area contributed by atoms with Crippen LogP contribution in [0.2, 0.25) is 0 Å². The molecule has 19 heavy (non-hydrogen) atoms. The molecule has 4 unspecified atom stereocenters. The molecule has 1 aliphatic carbocycles. The third kappa shape index (κ3) is 2.83. The van der Waals surface area contributed by atoms with Gasteiger partial charge < -0.3 is 9.84 Å². The number of hydrogen-bond donors (Lipinski definition) is 1. The van der Waals surface area contributed by atoms with Gasteiger partial charge in [0.2, 0.25) is 0 Å². The van der Waals surface area contributed by atoms with Gasteiger partial charge in [0.25, 0.3) is 0 Å². The Balaban J connectivity index is 1.59. The Bertz CT molecular complexity index is 408. The first-order chi connectivity index (χ1) is 9.29. The van der Waals surface area contributed by atoms with Gasteiger partial charge in [-0.1, -0.05) is 37.3 Å². The van der Waals surface area contributed by atoms with E-state index in [4.69, 9.17) is 4.74 Å². The summed E-state index contributed by atoms with van der Waals surface area (Å²) in [5, 5.41) is 10.5. The predicted octanol–water partition coefficient (Wildman–Crippen LogP) is 1.87. The minimum absolute atomic E-state index is 0.00703. The van der Waals surface area contributed by atoms with E-state index in [0.29, 0.717) is 11.8 Å². The largest absolute Gasteiger partial charge is 0.390 e. The second kappa shape index (κ2) is 5.61. The van der Waals surface area contributed by atoms with Gasteiger partial charge in [-0.3, -0.25) is 4.90 Å². The SMILES string of the molecule is CCN1CCOC(C(O)C2CC2c2ccccc2)C1. The minimum atomic E-state index is -0.320. The Morgan fingerprint density at radius 1 is 1.37 bits per heavy atom. The summed E-state index contributed by atoms with van der Waals surface area (Å²) in [5.74, 6) is 0.904. The standard InChI is InChI=1S/C16H23NO2/c1-2-17-8-9-19-15(11-17)16(18)14-10-13(14)12-6-4-3-5-7-12/h3-7,13-16,18H,2,8-11H2,1H3. The Hall–Kier alpha value is -0.900. The van der Waals surface area contributed by atoms with Gasteiger partial charge in [-0.2, -0.15) is 0 Å². The zero-order chi connectivity index (χ0) is 13.2. The van der Waals surface area contributed by atoms with Crippen molar-refractivity contribution in [1.29, 1.82) is 0 Å². The Kier molecular flexibility index (Phi) is 3.87. The Morgan fingerprint density at radius 2 is 2.16 bits per heavy atom. The van der Waals surface area contributed by atoms with E-state index in [1.165, 1.54) is 5.56 Å². The third-order valence-electron chi connectivity index (χ3n) is 4.51. The lowest BCUT2D eigenvalue weighted by molar-refractivity contribution is -0.0941. The number of likely N-dealkylation sites (N-methyl/N-ethyl adjacent to an activating group) is 1. The first kappa shape index (κ1) is 13.1. The van der Waals surface area contributed by atoms with Gasteiger partial charge in [0.1, 0.15) is 0 Å². The second-order valence-corrected chi connectivity index (χ2v) is 5.71. The maximum atomic E-state index is 10.5. The quantitative estimate of drug-likeness (QED) is 0.898. The first-order valence-corrected chi connectivity index (χ1v) is 7.36. The molecule has 1 aromatic carbocycles. The zero-order valence-corrected chi connectivity index (χ0v) is 11.5. The predicted molar refractivity (Wildman–Crippen MR) is 75.2 cm³/mol. The van der Waals surface area contributed by atoms with Gasteiger partial charge >= 0.3 is 0 Å². The van der Waals surface area contributed by atoms with Crippen LogP contribution < -0.4 is 0 Å². The summed E-state index contributed by atoms with van der Waals surface area (Å²) < 4.78 is 5.77. The number of aliphatic hydroxyl groups excluding tert-OH is 1. The van der Waals surface area contributed by atoms with Crippen LogP contribution in [0, 0.1) is 5.92 Å². The second-order valence-electron chi connectivity index (χ2n) is 5.71. The zero-order valence-electron chi connectivity index (χ0n) is 11.5. The molecule has 0 radical (unpaired) electrons. The number of hydrogen-bond acceptors (Lipinski definition) is 3. The van der Waals surface area contributed by atoms with Crippen LogP contribution in [-0.2, 0) is 4.74 Å². The number of aliphatic hydroxyl groups is 1. The van der Waals surface area contributed by atoms with E-state index in [1.807, 2.05) is 6.07 Å². The fraction of sp³-hybridized carbons (Fsp3) is 0.625. The lowest BCUT2D eigenvalue weighted by atomic mass is 10.0. The van der Waals surface area contributed by atoms with Crippen molar-refractivity contribution >= 4 is 0 Å². The van der Waals surface area contributed by atoms with Gasteiger partial charge in [-0.25, -0.2) is 0 Å². The highest BCUT2D eigenvalue weighted by Crippen LogP contribution is 2.50. The van der Waals surface area contributed by atoms with Crippen molar-refractivity contribution < 1.29 is 9.84 Å². The van der Waals surface area contributed by atoms with Crippen molar-refractivity contribution in [3.63, 3.8) is 0 Å². The number of ether oxygens (including phenoxy) is 1. The van der Waals surface area contributed by atoms with Crippen molar-refractivity contribution in [2.75, 3.05) is 26.2 Å². The summed E-state index contributed by atoms with van der Waals surface area (Å²) in [6.45, 7) is 5.82. The summed E-state index contributed by atoms with van der Waals surface area (Å²) >= 11 is 0. The fourth-order valence-electron chi connectivity index (χ4n) is 3.18. The van der Waals surface area contributed by atoms with Gasteiger partial charge in [-0.05, 0) is 30.4 Å². The van der Waals surface area contributed by atoms with Crippen molar-refractivity contribution in [3.8, 4) is 0 Å². The molecule has 1 N–H and O–H groups in total. The number of nitrogens with zero attached hydrogens (tertiary/aromatic N) is 1. The van der Waals surface area contributed by atoms with Crippen LogP contribution in [0.5, 0.6) is 0 Å². The van der Waals surface area contributed by atoms with E-state index in [1.54, 1.807) is 0 Å². The highest BCUT2D eigenvalue weighted by molar-refractivity contribution is 5.26. The molecule has 3 rings (SSSR count). The van der Waals surface area contributed by atoms with Crippen molar-refractivity contribution in [2.45, 2.75) is 31.5 Å². The summed E-state index contributed by atoms with van der Waals surface area (Å²) in [6, 6.07) is 10.5. The number of morpholine rings is 1. The molecule has 1 aromatic rings. The fourth-order valence-corrected chi connectivity index (χ4v) is 3.18. The molecule has 0 bridgehead atoms. The molecule has 3 nitrogen and oxygen atoms in total. The van der Waals surface area contributed by atoms with E-state index in [0.717, 1.165) is 32.7 Å². The molecule has 1 saturated heterocycles. The van der Waals surface area contributed by atoms with E-state index in [-0.39, 0.29) is 12.2 Å². The average molecular weight is 261 g/mol. The first-order valence-electron chi connectivity index (χ1n) is 7.36. The molecule has 1 saturated carbocycles. The van der Waals surface area contributed by atoms with Crippen molar-refractivity contribution in [3.05, 3.63) is 35.9 Å². The molecule has 0 spiro atoms. The van der Waals surface area contributed by atoms with Crippen LogP contribution in [0.1, 0.15) is 24.8 Å². The highest BCUT2D eigenvalue weighted by Gasteiger charge is 2.46. The van der Waals surface area contributed by atoms with Crippen LogP contribution in [-0.4, -0.2) is 48.5 Å². The summed E-state index contributed by atoms with van der Waals surface area (Å²) in [7, 11) is 0. The van der Waals surface area contributed by atoms with E-state index < -0.39 is 0 Å². The lowest BCUT2D eigenvalue weighted by Gasteiger charge is -2.34. The molecule has 2 fully saturated rings. The molecule has 104 valence electrons. The van der Waals surface area contributed by atoms with Crippen LogP contribution in [0.3, 0.4) is 0 Å². The molecular formula is C16H23NO2. The summed E-state index contributed by atoms with van der Waals surface area (Å²) in [5.41, 5.74) is 1.36. The average Bonchev–Trinajstić information content (AvgIpc) is 3.28. The Labute approximate surface area is 115 Å². The van der Waals surface area contributed by atoms with Crippen LogP contribution in [0.15, 0.2) is 30.3 Å². The molecular weight excluding hydrogens is 238 g/mol. The lowest BCUT2D eigenvalue weighted by Crippen LogP contribution is -2.48. The molecule has 2 aliphatic rings. The van der Waals surface area contributed by atoms with E-state index in [9.17, 15) is 5.11 Å². The van der Waals surface area contributed by atoms with Gasteiger partial charge in [0.15, 0.2) is 0 Å².